The molecule has 6 nitrogen and oxygen atoms in total. The molecule has 88 valence electrons. The van der Waals surface area contributed by atoms with Crippen LogP contribution in [0.1, 0.15) is 0 Å². The van der Waals surface area contributed by atoms with Crippen molar-refractivity contribution in [2.75, 3.05) is 13.1 Å². The Balaban J connectivity index is 2.51. The van der Waals surface area contributed by atoms with E-state index >= 15 is 0 Å². The molecule has 1 aromatic rings. The molecule has 0 spiro atoms. The number of amides is 2. The van der Waals surface area contributed by atoms with Gasteiger partial charge < -0.3 is 11.1 Å². The van der Waals surface area contributed by atoms with Crippen molar-refractivity contribution in [3.63, 3.8) is 0 Å². The molecule has 0 bridgehead atoms. The molecule has 1 aromatic carbocycles. The van der Waals surface area contributed by atoms with Crippen LogP contribution in [0.2, 0.25) is 0 Å². The fourth-order valence-corrected chi connectivity index (χ4v) is 2.11. The first kappa shape index (κ1) is 12.5. The highest BCUT2D eigenvalue weighted by molar-refractivity contribution is 7.89. The summed E-state index contributed by atoms with van der Waals surface area (Å²) in [7, 11) is -3.50. The van der Waals surface area contributed by atoms with Gasteiger partial charge in [-0.05, 0) is 12.1 Å². The van der Waals surface area contributed by atoms with Gasteiger partial charge in [-0.1, -0.05) is 18.2 Å². The van der Waals surface area contributed by atoms with Crippen molar-refractivity contribution in [2.24, 2.45) is 5.73 Å². The van der Waals surface area contributed by atoms with Crippen molar-refractivity contribution in [3.8, 4) is 0 Å². The van der Waals surface area contributed by atoms with Crippen molar-refractivity contribution in [3.05, 3.63) is 30.3 Å². The van der Waals surface area contributed by atoms with E-state index in [9.17, 15) is 13.2 Å². The summed E-state index contributed by atoms with van der Waals surface area (Å²) in [6, 6.07) is 7.30. The third-order valence-corrected chi connectivity index (χ3v) is 3.25. The van der Waals surface area contributed by atoms with Gasteiger partial charge in [-0.3, -0.25) is 0 Å². The SMILES string of the molecule is NC(=O)NCCNS(=O)(=O)c1ccccc1. The third-order valence-electron chi connectivity index (χ3n) is 1.77. The maximum absolute atomic E-state index is 11.6. The molecule has 0 unspecified atom stereocenters. The second kappa shape index (κ2) is 5.47. The number of carbonyl (C=O) groups excluding carboxylic acids is 1. The van der Waals surface area contributed by atoms with E-state index < -0.39 is 16.1 Å². The van der Waals surface area contributed by atoms with Crippen molar-refractivity contribution in [1.29, 1.82) is 0 Å². The Bertz CT molecular complexity index is 444. The molecule has 0 aliphatic heterocycles. The van der Waals surface area contributed by atoms with Crippen LogP contribution in [-0.2, 0) is 10.0 Å². The van der Waals surface area contributed by atoms with Crippen molar-refractivity contribution in [2.45, 2.75) is 4.90 Å². The van der Waals surface area contributed by atoms with Gasteiger partial charge in [0.2, 0.25) is 10.0 Å². The van der Waals surface area contributed by atoms with E-state index in [2.05, 4.69) is 10.0 Å². The number of sulfonamides is 1. The quantitative estimate of drug-likeness (QED) is 0.615. The molecule has 0 aliphatic rings. The summed E-state index contributed by atoms with van der Waals surface area (Å²) < 4.78 is 25.6. The molecule has 1 rings (SSSR count). The summed E-state index contributed by atoms with van der Waals surface area (Å²) in [6.07, 6.45) is 0. The molecule has 2 amide bonds. The molecule has 0 saturated heterocycles. The van der Waals surface area contributed by atoms with E-state index in [4.69, 9.17) is 5.73 Å². The van der Waals surface area contributed by atoms with E-state index in [0.29, 0.717) is 0 Å². The maximum Gasteiger partial charge on any atom is 0.312 e. The molecule has 0 atom stereocenters. The Morgan fingerprint density at radius 3 is 2.38 bits per heavy atom. The predicted molar refractivity (Wildman–Crippen MR) is 59.2 cm³/mol. The average Bonchev–Trinajstić information content (AvgIpc) is 2.26. The van der Waals surface area contributed by atoms with E-state index in [0.717, 1.165) is 0 Å². The van der Waals surface area contributed by atoms with Crippen LogP contribution in [0.25, 0.3) is 0 Å². The number of hydrogen-bond acceptors (Lipinski definition) is 3. The van der Waals surface area contributed by atoms with Crippen molar-refractivity contribution >= 4 is 16.1 Å². The number of benzene rings is 1. The molecular weight excluding hydrogens is 230 g/mol. The largest absolute Gasteiger partial charge is 0.352 e. The topological polar surface area (TPSA) is 101 Å². The molecule has 0 aromatic heterocycles. The fourth-order valence-electron chi connectivity index (χ4n) is 1.05. The minimum Gasteiger partial charge on any atom is -0.352 e. The molecule has 16 heavy (non-hydrogen) atoms. The highest BCUT2D eigenvalue weighted by Gasteiger charge is 2.11. The lowest BCUT2D eigenvalue weighted by atomic mass is 10.4. The summed E-state index contributed by atoms with van der Waals surface area (Å²) >= 11 is 0. The minimum absolute atomic E-state index is 0.0974. The van der Waals surface area contributed by atoms with Gasteiger partial charge in [0, 0.05) is 13.1 Å². The van der Waals surface area contributed by atoms with Gasteiger partial charge >= 0.3 is 6.03 Å². The lowest BCUT2D eigenvalue weighted by Gasteiger charge is -2.06. The van der Waals surface area contributed by atoms with Crippen molar-refractivity contribution < 1.29 is 13.2 Å². The number of urea groups is 1. The normalized spacial score (nSPS) is 11.0. The van der Waals surface area contributed by atoms with Crippen LogP contribution in [0.15, 0.2) is 35.2 Å². The first-order valence-corrected chi connectivity index (χ1v) is 6.09. The van der Waals surface area contributed by atoms with Gasteiger partial charge in [0.25, 0.3) is 0 Å². The Kier molecular flexibility index (Phi) is 4.27. The fraction of sp³-hybridized carbons (Fsp3) is 0.222. The maximum atomic E-state index is 11.6. The van der Waals surface area contributed by atoms with Crippen LogP contribution in [0.5, 0.6) is 0 Å². The van der Waals surface area contributed by atoms with Crippen LogP contribution >= 0.6 is 0 Å². The Morgan fingerprint density at radius 1 is 1.19 bits per heavy atom. The average molecular weight is 243 g/mol. The molecule has 0 fully saturated rings. The minimum atomic E-state index is -3.50. The highest BCUT2D eigenvalue weighted by Crippen LogP contribution is 2.05. The standard InChI is InChI=1S/C9H13N3O3S/c10-9(13)11-6-7-12-16(14,15)8-4-2-1-3-5-8/h1-5,12H,6-7H2,(H3,10,11,13). The van der Waals surface area contributed by atoms with Gasteiger partial charge in [0.05, 0.1) is 4.90 Å². The number of carbonyl (C=O) groups is 1. The second-order valence-electron chi connectivity index (χ2n) is 3.00. The van der Waals surface area contributed by atoms with E-state index in [1.807, 2.05) is 0 Å². The number of nitrogens with two attached hydrogens (primary N) is 1. The van der Waals surface area contributed by atoms with Gasteiger partial charge in [-0.25, -0.2) is 17.9 Å². The van der Waals surface area contributed by atoms with E-state index in [-0.39, 0.29) is 18.0 Å². The third kappa shape index (κ3) is 3.87. The first-order valence-electron chi connectivity index (χ1n) is 4.60. The summed E-state index contributed by atoms with van der Waals surface area (Å²) in [5.74, 6) is 0. The zero-order chi connectivity index (χ0) is 12.0. The van der Waals surface area contributed by atoms with Crippen LogP contribution in [0.4, 0.5) is 4.79 Å². The molecule has 4 N–H and O–H groups in total. The van der Waals surface area contributed by atoms with E-state index in [1.165, 1.54) is 12.1 Å². The Labute approximate surface area is 93.9 Å². The zero-order valence-corrected chi connectivity index (χ0v) is 9.33. The van der Waals surface area contributed by atoms with Gasteiger partial charge in [0.15, 0.2) is 0 Å². The summed E-state index contributed by atoms with van der Waals surface area (Å²) in [5, 5.41) is 2.28. The summed E-state index contributed by atoms with van der Waals surface area (Å²) in [5.41, 5.74) is 4.83. The van der Waals surface area contributed by atoms with Crippen LogP contribution in [0, 0.1) is 0 Å². The molecule has 0 heterocycles. The lowest BCUT2D eigenvalue weighted by molar-refractivity contribution is 0.249. The summed E-state index contributed by atoms with van der Waals surface area (Å²) in [4.78, 5) is 10.5. The number of nitrogens with one attached hydrogen (secondary N) is 2. The van der Waals surface area contributed by atoms with E-state index in [1.54, 1.807) is 18.2 Å². The highest BCUT2D eigenvalue weighted by atomic mass is 32.2. The number of rotatable bonds is 5. The number of primary amides is 1. The van der Waals surface area contributed by atoms with Crippen LogP contribution in [-0.4, -0.2) is 27.5 Å². The predicted octanol–water partition coefficient (Wildman–Crippen LogP) is -0.367. The van der Waals surface area contributed by atoms with Crippen LogP contribution < -0.4 is 15.8 Å². The lowest BCUT2D eigenvalue weighted by Crippen LogP contribution is -2.37. The number of hydrogen-bond donors (Lipinski definition) is 3. The van der Waals surface area contributed by atoms with Gasteiger partial charge in [0.1, 0.15) is 0 Å². The van der Waals surface area contributed by atoms with Crippen molar-refractivity contribution in [1.82, 2.24) is 10.0 Å². The Hall–Kier alpha value is -1.60. The second-order valence-corrected chi connectivity index (χ2v) is 4.77. The molecule has 0 radical (unpaired) electrons. The zero-order valence-electron chi connectivity index (χ0n) is 8.51. The molecule has 0 saturated carbocycles. The smallest absolute Gasteiger partial charge is 0.312 e. The van der Waals surface area contributed by atoms with Crippen LogP contribution in [0.3, 0.4) is 0 Å². The Morgan fingerprint density at radius 2 is 1.81 bits per heavy atom. The molecule has 7 heteroatoms. The first-order chi connectivity index (χ1) is 7.52. The van der Waals surface area contributed by atoms with Gasteiger partial charge in [-0.2, -0.15) is 0 Å². The molecular formula is C9H13N3O3S. The molecule has 0 aliphatic carbocycles. The monoisotopic (exact) mass is 243 g/mol. The van der Waals surface area contributed by atoms with Gasteiger partial charge in [-0.15, -0.1) is 0 Å². The summed E-state index contributed by atoms with van der Waals surface area (Å²) in [6.45, 7) is 0.252.